The highest BCUT2D eigenvalue weighted by atomic mass is 32.1. The van der Waals surface area contributed by atoms with Gasteiger partial charge in [0.2, 0.25) is 0 Å². The number of rotatable bonds is 5. The number of carbonyl (C=O) groups is 1. The Morgan fingerprint density at radius 3 is 2.52 bits per heavy atom. The summed E-state index contributed by atoms with van der Waals surface area (Å²) in [5.74, 6) is 0.551. The van der Waals surface area contributed by atoms with Gasteiger partial charge in [-0.1, -0.05) is 12.1 Å². The van der Waals surface area contributed by atoms with Gasteiger partial charge >= 0.3 is 0 Å². The Morgan fingerprint density at radius 2 is 1.84 bits per heavy atom. The van der Waals surface area contributed by atoms with Crippen molar-refractivity contribution in [3.63, 3.8) is 0 Å². The van der Waals surface area contributed by atoms with Crippen LogP contribution < -0.4 is 10.1 Å². The second-order valence-electron chi connectivity index (χ2n) is 5.81. The number of nitrogens with zero attached hydrogens (tertiary/aromatic N) is 2. The molecule has 0 saturated heterocycles. The first-order chi connectivity index (χ1) is 12.0. The van der Waals surface area contributed by atoms with Crippen LogP contribution in [-0.2, 0) is 6.61 Å². The minimum absolute atomic E-state index is 0.139. The third-order valence-corrected chi connectivity index (χ3v) is 4.75. The number of aryl methyl sites for hydroxylation is 2. The van der Waals surface area contributed by atoms with Gasteiger partial charge in [-0.2, -0.15) is 8.75 Å². The highest BCUT2D eigenvalue weighted by molar-refractivity contribution is 6.99. The maximum absolute atomic E-state index is 12.4. The van der Waals surface area contributed by atoms with E-state index < -0.39 is 0 Å². The standard InChI is InChI=1S/C19H19N3O2S/c1-12-5-4-6-17(13(12)2)20-19(23)15-7-9-16(10-8-15)24-11-18-14(3)21-25-22-18/h4-10H,11H2,1-3H3,(H,20,23). The van der Waals surface area contributed by atoms with Crippen LogP contribution in [0.15, 0.2) is 42.5 Å². The number of anilines is 1. The predicted octanol–water partition coefficient (Wildman–Crippen LogP) is 4.29. The number of benzene rings is 2. The number of ether oxygens (including phenoxy) is 1. The minimum Gasteiger partial charge on any atom is -0.487 e. The van der Waals surface area contributed by atoms with Crippen LogP contribution in [-0.4, -0.2) is 14.7 Å². The van der Waals surface area contributed by atoms with Gasteiger partial charge in [-0.3, -0.25) is 4.79 Å². The number of hydrogen-bond acceptors (Lipinski definition) is 5. The molecule has 1 N–H and O–H groups in total. The summed E-state index contributed by atoms with van der Waals surface area (Å²) < 4.78 is 14.0. The third-order valence-electron chi connectivity index (χ3n) is 4.09. The smallest absolute Gasteiger partial charge is 0.255 e. The zero-order valence-electron chi connectivity index (χ0n) is 14.4. The van der Waals surface area contributed by atoms with Crippen LogP contribution >= 0.6 is 11.7 Å². The van der Waals surface area contributed by atoms with Crippen molar-refractivity contribution in [1.82, 2.24) is 8.75 Å². The largest absolute Gasteiger partial charge is 0.487 e. The Bertz CT molecular complexity index is 888. The molecule has 2 aromatic carbocycles. The fourth-order valence-corrected chi connectivity index (χ4v) is 2.87. The molecule has 0 radical (unpaired) electrons. The Hall–Kier alpha value is -2.73. The molecule has 0 bridgehead atoms. The maximum Gasteiger partial charge on any atom is 0.255 e. The van der Waals surface area contributed by atoms with E-state index in [1.807, 2.05) is 39.0 Å². The average molecular weight is 353 g/mol. The summed E-state index contributed by atoms with van der Waals surface area (Å²) in [6.07, 6.45) is 0. The van der Waals surface area contributed by atoms with E-state index >= 15 is 0 Å². The van der Waals surface area contributed by atoms with Crippen LogP contribution in [0.5, 0.6) is 5.75 Å². The summed E-state index contributed by atoms with van der Waals surface area (Å²) in [7, 11) is 0. The highest BCUT2D eigenvalue weighted by Crippen LogP contribution is 2.20. The van der Waals surface area contributed by atoms with Gasteiger partial charge in [-0.25, -0.2) is 0 Å². The van der Waals surface area contributed by atoms with E-state index in [4.69, 9.17) is 4.74 Å². The van der Waals surface area contributed by atoms with Crippen LogP contribution in [0.4, 0.5) is 5.69 Å². The van der Waals surface area contributed by atoms with Gasteiger partial charge in [0.1, 0.15) is 18.1 Å². The molecule has 0 spiro atoms. The van der Waals surface area contributed by atoms with E-state index in [9.17, 15) is 4.79 Å². The summed E-state index contributed by atoms with van der Waals surface area (Å²) in [5.41, 5.74) is 5.35. The van der Waals surface area contributed by atoms with E-state index in [2.05, 4.69) is 14.1 Å². The highest BCUT2D eigenvalue weighted by Gasteiger charge is 2.09. The van der Waals surface area contributed by atoms with Crippen molar-refractivity contribution in [3.05, 3.63) is 70.5 Å². The molecule has 0 unspecified atom stereocenters. The summed E-state index contributed by atoms with van der Waals surface area (Å²) in [5, 5.41) is 2.95. The SMILES string of the molecule is Cc1cccc(NC(=O)c2ccc(OCc3nsnc3C)cc2)c1C. The molecule has 0 saturated carbocycles. The van der Waals surface area contributed by atoms with Gasteiger partial charge < -0.3 is 10.1 Å². The molecule has 128 valence electrons. The monoisotopic (exact) mass is 353 g/mol. The Balaban J connectivity index is 1.64. The molecule has 0 aliphatic rings. The molecule has 0 fully saturated rings. The zero-order chi connectivity index (χ0) is 17.8. The third kappa shape index (κ3) is 4.03. The van der Waals surface area contributed by atoms with Gasteiger partial charge in [0.25, 0.3) is 5.91 Å². The number of carbonyl (C=O) groups excluding carboxylic acids is 1. The van der Waals surface area contributed by atoms with Crippen LogP contribution in [0, 0.1) is 20.8 Å². The lowest BCUT2D eigenvalue weighted by atomic mass is 10.1. The second kappa shape index (κ2) is 7.44. The normalized spacial score (nSPS) is 10.5. The van der Waals surface area contributed by atoms with E-state index in [1.54, 1.807) is 24.3 Å². The molecule has 1 aromatic heterocycles. The van der Waals surface area contributed by atoms with Gasteiger partial charge in [-0.15, -0.1) is 0 Å². The first kappa shape index (κ1) is 17.1. The van der Waals surface area contributed by atoms with E-state index in [-0.39, 0.29) is 5.91 Å². The zero-order valence-corrected chi connectivity index (χ0v) is 15.2. The lowest BCUT2D eigenvalue weighted by Gasteiger charge is -2.11. The quantitative estimate of drug-likeness (QED) is 0.743. The van der Waals surface area contributed by atoms with Gasteiger partial charge in [0.15, 0.2) is 0 Å². The molecule has 1 amide bonds. The van der Waals surface area contributed by atoms with Crippen molar-refractivity contribution < 1.29 is 9.53 Å². The van der Waals surface area contributed by atoms with Crippen molar-refractivity contribution in [3.8, 4) is 5.75 Å². The summed E-state index contributed by atoms with van der Waals surface area (Å²) in [6, 6.07) is 12.9. The van der Waals surface area contributed by atoms with Crippen molar-refractivity contribution in [2.45, 2.75) is 27.4 Å². The molecule has 5 nitrogen and oxygen atoms in total. The summed E-state index contributed by atoms with van der Waals surface area (Å²) >= 11 is 1.18. The predicted molar refractivity (Wildman–Crippen MR) is 99.3 cm³/mol. The van der Waals surface area contributed by atoms with E-state index in [1.165, 1.54) is 11.7 Å². The molecular weight excluding hydrogens is 334 g/mol. The molecule has 25 heavy (non-hydrogen) atoms. The Labute approximate surface area is 151 Å². The van der Waals surface area contributed by atoms with Crippen molar-refractivity contribution in [1.29, 1.82) is 0 Å². The molecular formula is C19H19N3O2S. The number of aromatic nitrogens is 2. The molecule has 1 heterocycles. The van der Waals surface area contributed by atoms with E-state index in [0.29, 0.717) is 17.9 Å². The summed E-state index contributed by atoms with van der Waals surface area (Å²) in [6.45, 7) is 6.30. The van der Waals surface area contributed by atoms with Crippen LogP contribution in [0.25, 0.3) is 0 Å². The molecule has 0 aliphatic carbocycles. The van der Waals surface area contributed by atoms with Crippen LogP contribution in [0.2, 0.25) is 0 Å². The first-order valence-corrected chi connectivity index (χ1v) is 8.66. The van der Waals surface area contributed by atoms with Crippen molar-refractivity contribution >= 4 is 23.3 Å². The fourth-order valence-electron chi connectivity index (χ4n) is 2.32. The molecule has 3 rings (SSSR count). The van der Waals surface area contributed by atoms with Crippen molar-refractivity contribution in [2.24, 2.45) is 0 Å². The fraction of sp³-hybridized carbons (Fsp3) is 0.211. The van der Waals surface area contributed by atoms with Gasteiger partial charge in [0.05, 0.1) is 17.4 Å². The second-order valence-corrected chi connectivity index (χ2v) is 6.34. The molecule has 3 aromatic rings. The number of amides is 1. The average Bonchev–Trinajstić information content (AvgIpc) is 3.02. The maximum atomic E-state index is 12.4. The Morgan fingerprint density at radius 1 is 1.08 bits per heavy atom. The molecule has 0 aliphatic heterocycles. The van der Waals surface area contributed by atoms with E-state index in [0.717, 1.165) is 28.2 Å². The van der Waals surface area contributed by atoms with Crippen LogP contribution in [0.1, 0.15) is 32.9 Å². The molecule has 6 heteroatoms. The number of nitrogens with one attached hydrogen (secondary N) is 1. The van der Waals surface area contributed by atoms with Crippen LogP contribution in [0.3, 0.4) is 0 Å². The molecule has 0 atom stereocenters. The first-order valence-electron chi connectivity index (χ1n) is 7.93. The van der Waals surface area contributed by atoms with Gasteiger partial charge in [-0.05, 0) is 62.2 Å². The van der Waals surface area contributed by atoms with Crippen molar-refractivity contribution in [2.75, 3.05) is 5.32 Å². The lowest BCUT2D eigenvalue weighted by molar-refractivity contribution is 0.102. The minimum atomic E-state index is -0.139. The summed E-state index contributed by atoms with van der Waals surface area (Å²) in [4.78, 5) is 12.4. The lowest BCUT2D eigenvalue weighted by Crippen LogP contribution is -2.13. The Kier molecular flexibility index (Phi) is 5.09. The number of hydrogen-bond donors (Lipinski definition) is 1. The topological polar surface area (TPSA) is 64.1 Å². The van der Waals surface area contributed by atoms with Gasteiger partial charge in [0, 0.05) is 11.3 Å².